The van der Waals surface area contributed by atoms with Crippen molar-refractivity contribution in [2.75, 3.05) is 26.6 Å². The molecule has 2 aromatic carbocycles. The van der Waals surface area contributed by atoms with Gasteiger partial charge in [0.2, 0.25) is 0 Å². The van der Waals surface area contributed by atoms with Crippen LogP contribution in [0.5, 0.6) is 5.75 Å². The van der Waals surface area contributed by atoms with Gasteiger partial charge in [-0.2, -0.15) is 0 Å². The standard InChI is InChI=1S/C25H24BrFN2O4S/c1-32-20-7-8-21(34(2,30)31)25-22(20)23-19(13-17(26)14-28-23)29(25)24(16-9-11-33-12-10-16)15-3-5-18(27)6-4-15/h3-8,13-14,16,24H,9-12H2,1-2H3/t24-/m1/s1. The summed E-state index contributed by atoms with van der Waals surface area (Å²) in [6.07, 6.45) is 4.49. The van der Waals surface area contributed by atoms with E-state index in [0.29, 0.717) is 35.4 Å². The first-order valence-electron chi connectivity index (χ1n) is 11.0. The maximum Gasteiger partial charge on any atom is 0.177 e. The molecule has 0 aliphatic carbocycles. The summed E-state index contributed by atoms with van der Waals surface area (Å²) in [6, 6.07) is 11.4. The molecule has 0 amide bonds. The molecule has 0 unspecified atom stereocenters. The number of ether oxygens (including phenoxy) is 2. The highest BCUT2D eigenvalue weighted by Gasteiger charge is 2.33. The van der Waals surface area contributed by atoms with Gasteiger partial charge in [-0.25, -0.2) is 12.8 Å². The van der Waals surface area contributed by atoms with Gasteiger partial charge in [-0.15, -0.1) is 0 Å². The van der Waals surface area contributed by atoms with Crippen molar-refractivity contribution in [2.45, 2.75) is 23.8 Å². The molecule has 1 aliphatic heterocycles. The largest absolute Gasteiger partial charge is 0.496 e. The van der Waals surface area contributed by atoms with Crippen LogP contribution >= 0.6 is 15.9 Å². The van der Waals surface area contributed by atoms with Gasteiger partial charge in [-0.05, 0) is 70.6 Å². The van der Waals surface area contributed by atoms with Gasteiger partial charge in [-0.1, -0.05) is 12.1 Å². The normalized spacial score (nSPS) is 16.2. The third-order valence-corrected chi connectivity index (χ3v) is 8.06. The molecule has 178 valence electrons. The smallest absolute Gasteiger partial charge is 0.177 e. The minimum Gasteiger partial charge on any atom is -0.496 e. The molecule has 34 heavy (non-hydrogen) atoms. The summed E-state index contributed by atoms with van der Waals surface area (Å²) in [5, 5.41) is 0.645. The van der Waals surface area contributed by atoms with Crippen molar-refractivity contribution in [3.05, 3.63) is 64.5 Å². The summed E-state index contributed by atoms with van der Waals surface area (Å²) >= 11 is 3.53. The number of sulfone groups is 1. The van der Waals surface area contributed by atoms with Gasteiger partial charge in [0.05, 0.1) is 40.0 Å². The molecule has 0 bridgehead atoms. The molecule has 6 nitrogen and oxygen atoms in total. The zero-order valence-corrected chi connectivity index (χ0v) is 21.2. The van der Waals surface area contributed by atoms with E-state index in [-0.39, 0.29) is 22.7 Å². The van der Waals surface area contributed by atoms with Crippen LogP contribution in [0.3, 0.4) is 0 Å². The van der Waals surface area contributed by atoms with Crippen molar-refractivity contribution in [3.8, 4) is 5.75 Å². The Kier molecular flexibility index (Phi) is 6.12. The van der Waals surface area contributed by atoms with E-state index in [1.807, 2.05) is 6.07 Å². The number of methoxy groups -OCH3 is 1. The minimum atomic E-state index is -3.59. The lowest BCUT2D eigenvalue weighted by molar-refractivity contribution is 0.0552. The lowest BCUT2D eigenvalue weighted by Crippen LogP contribution is -2.27. The molecule has 5 rings (SSSR count). The van der Waals surface area contributed by atoms with Crippen LogP contribution in [-0.4, -0.2) is 44.5 Å². The Hall–Kier alpha value is -2.49. The molecule has 9 heteroatoms. The van der Waals surface area contributed by atoms with E-state index in [2.05, 4.69) is 25.5 Å². The number of hydrogen-bond acceptors (Lipinski definition) is 5. The Morgan fingerprint density at radius 1 is 1.18 bits per heavy atom. The van der Waals surface area contributed by atoms with Crippen LogP contribution in [0.1, 0.15) is 24.4 Å². The van der Waals surface area contributed by atoms with E-state index in [1.54, 1.807) is 37.6 Å². The number of nitrogens with zero attached hydrogens (tertiary/aromatic N) is 2. The van der Waals surface area contributed by atoms with Crippen LogP contribution in [0.15, 0.2) is 58.0 Å². The highest BCUT2D eigenvalue weighted by Crippen LogP contribution is 2.45. The Morgan fingerprint density at radius 2 is 1.88 bits per heavy atom. The number of fused-ring (bicyclic) bond motifs is 3. The van der Waals surface area contributed by atoms with Gasteiger partial charge < -0.3 is 14.0 Å². The Balaban J connectivity index is 1.96. The second-order valence-electron chi connectivity index (χ2n) is 8.60. The lowest BCUT2D eigenvalue weighted by atomic mass is 9.86. The maximum atomic E-state index is 13.9. The third kappa shape index (κ3) is 3.99. The van der Waals surface area contributed by atoms with Gasteiger partial charge in [0.15, 0.2) is 9.84 Å². The average Bonchev–Trinajstić information content (AvgIpc) is 3.14. The highest BCUT2D eigenvalue weighted by atomic mass is 79.9. The van der Waals surface area contributed by atoms with Crippen LogP contribution in [-0.2, 0) is 14.6 Å². The molecule has 0 radical (unpaired) electrons. The molecule has 1 saturated heterocycles. The second-order valence-corrected chi connectivity index (χ2v) is 11.5. The number of halogens is 2. The fourth-order valence-corrected chi connectivity index (χ4v) is 6.21. The van der Waals surface area contributed by atoms with E-state index in [4.69, 9.17) is 9.47 Å². The zero-order valence-electron chi connectivity index (χ0n) is 18.8. The Labute approximate surface area is 205 Å². The topological polar surface area (TPSA) is 70.4 Å². The Bertz CT molecular complexity index is 1480. The summed E-state index contributed by atoms with van der Waals surface area (Å²) in [5.41, 5.74) is 2.87. The van der Waals surface area contributed by atoms with Gasteiger partial charge in [0.25, 0.3) is 0 Å². The molecule has 1 fully saturated rings. The molecule has 1 atom stereocenters. The molecular weight excluding hydrogens is 523 g/mol. The summed E-state index contributed by atoms with van der Waals surface area (Å²) in [5.74, 6) is 0.376. The van der Waals surface area contributed by atoms with Crippen molar-refractivity contribution in [2.24, 2.45) is 5.92 Å². The van der Waals surface area contributed by atoms with Crippen molar-refractivity contribution >= 4 is 47.7 Å². The monoisotopic (exact) mass is 546 g/mol. The van der Waals surface area contributed by atoms with Gasteiger partial charge in [0.1, 0.15) is 11.6 Å². The first-order valence-corrected chi connectivity index (χ1v) is 13.7. The van der Waals surface area contributed by atoms with E-state index in [9.17, 15) is 12.8 Å². The average molecular weight is 547 g/mol. The molecule has 2 aromatic heterocycles. The number of rotatable bonds is 5. The molecule has 0 spiro atoms. The zero-order chi connectivity index (χ0) is 24.0. The molecule has 0 N–H and O–H groups in total. The number of benzene rings is 2. The van der Waals surface area contributed by atoms with E-state index in [1.165, 1.54) is 18.4 Å². The van der Waals surface area contributed by atoms with Crippen molar-refractivity contribution in [1.82, 2.24) is 9.55 Å². The van der Waals surface area contributed by atoms with E-state index >= 15 is 0 Å². The minimum absolute atomic E-state index is 0.149. The van der Waals surface area contributed by atoms with Crippen LogP contribution in [0.4, 0.5) is 4.39 Å². The molecule has 4 aromatic rings. The van der Waals surface area contributed by atoms with Crippen LogP contribution in [0, 0.1) is 11.7 Å². The molecular formula is C25H24BrFN2O4S. The SMILES string of the molecule is COc1ccc(S(C)(=O)=O)c2c1c1ncc(Br)cc1n2[C@H](c1ccc(F)cc1)C1CCOCC1. The summed E-state index contributed by atoms with van der Waals surface area (Å²) in [4.78, 5) is 4.87. The predicted octanol–water partition coefficient (Wildman–Crippen LogP) is 5.52. The first kappa shape index (κ1) is 23.3. The maximum absolute atomic E-state index is 13.9. The van der Waals surface area contributed by atoms with Crippen LogP contribution in [0.25, 0.3) is 21.9 Å². The van der Waals surface area contributed by atoms with Crippen molar-refractivity contribution in [1.29, 1.82) is 0 Å². The first-order chi connectivity index (χ1) is 16.3. The van der Waals surface area contributed by atoms with Crippen molar-refractivity contribution < 1.29 is 22.3 Å². The highest BCUT2D eigenvalue weighted by molar-refractivity contribution is 9.10. The molecule has 0 saturated carbocycles. The van der Waals surface area contributed by atoms with Gasteiger partial charge in [0, 0.05) is 30.1 Å². The van der Waals surface area contributed by atoms with E-state index in [0.717, 1.165) is 28.4 Å². The lowest BCUT2D eigenvalue weighted by Gasteiger charge is -2.33. The number of hydrogen-bond donors (Lipinski definition) is 0. The summed E-state index contributed by atoms with van der Waals surface area (Å²) < 4.78 is 53.9. The fourth-order valence-electron chi connectivity index (χ4n) is 5.03. The van der Waals surface area contributed by atoms with Gasteiger partial charge >= 0.3 is 0 Å². The molecule has 1 aliphatic rings. The molecule has 3 heterocycles. The predicted molar refractivity (Wildman–Crippen MR) is 133 cm³/mol. The second kappa shape index (κ2) is 8.94. The number of aromatic nitrogens is 2. The Morgan fingerprint density at radius 3 is 2.53 bits per heavy atom. The fraction of sp³-hybridized carbons (Fsp3) is 0.320. The van der Waals surface area contributed by atoms with Gasteiger partial charge in [-0.3, -0.25) is 4.98 Å². The van der Waals surface area contributed by atoms with Crippen LogP contribution < -0.4 is 4.74 Å². The summed E-state index contributed by atoms with van der Waals surface area (Å²) in [7, 11) is -2.03. The summed E-state index contributed by atoms with van der Waals surface area (Å²) in [6.45, 7) is 1.23. The third-order valence-electron chi connectivity index (χ3n) is 6.50. The van der Waals surface area contributed by atoms with Crippen molar-refractivity contribution in [3.63, 3.8) is 0 Å². The number of pyridine rings is 1. The van der Waals surface area contributed by atoms with Crippen LogP contribution in [0.2, 0.25) is 0 Å². The van der Waals surface area contributed by atoms with E-state index < -0.39 is 9.84 Å². The quantitative estimate of drug-likeness (QED) is 0.329.